The molecule has 1 atom stereocenters. The maximum Gasteiger partial charge on any atom is 0.341 e. The first-order chi connectivity index (χ1) is 12.5. The van der Waals surface area contributed by atoms with Gasteiger partial charge in [-0.25, -0.2) is 4.79 Å². The molecule has 2 aliphatic rings. The number of carboxylic acids is 1. The Morgan fingerprint density at radius 1 is 1.27 bits per heavy atom. The van der Waals surface area contributed by atoms with Crippen LogP contribution in [0.15, 0.2) is 24.3 Å². The number of amides is 1. The number of likely N-dealkylation sites (tertiary alicyclic amines) is 2. The molecule has 142 valence electrons. The highest BCUT2D eigenvalue weighted by atomic mass is 16.5. The maximum atomic E-state index is 12.8. The Morgan fingerprint density at radius 2 is 2.04 bits per heavy atom. The zero-order valence-corrected chi connectivity index (χ0v) is 15.1. The van der Waals surface area contributed by atoms with Crippen LogP contribution in [0.25, 0.3) is 0 Å². The molecule has 1 unspecified atom stereocenters. The molecular formula is C19H26N2O5. The molecule has 0 saturated carbocycles. The van der Waals surface area contributed by atoms with Gasteiger partial charge in [0.05, 0.1) is 12.0 Å². The number of nitrogens with zero attached hydrogens (tertiary/aromatic N) is 2. The van der Waals surface area contributed by atoms with E-state index in [1.165, 1.54) is 0 Å². The zero-order valence-electron chi connectivity index (χ0n) is 15.1. The molecule has 2 saturated heterocycles. The van der Waals surface area contributed by atoms with Crippen LogP contribution >= 0.6 is 0 Å². The normalized spacial score (nSPS) is 23.1. The number of hydrogen-bond donors (Lipinski definition) is 1. The number of carboxylic acid groups (broad SMARTS) is 1. The average Bonchev–Trinajstić information content (AvgIpc) is 3.17. The molecule has 0 aliphatic carbocycles. The van der Waals surface area contributed by atoms with Gasteiger partial charge in [0.1, 0.15) is 5.75 Å². The predicted molar refractivity (Wildman–Crippen MR) is 95.0 cm³/mol. The van der Waals surface area contributed by atoms with Crippen molar-refractivity contribution in [3.05, 3.63) is 29.8 Å². The summed E-state index contributed by atoms with van der Waals surface area (Å²) < 4.78 is 10.5. The molecule has 7 heteroatoms. The summed E-state index contributed by atoms with van der Waals surface area (Å²) in [5.74, 6) is -0.157. The van der Waals surface area contributed by atoms with Gasteiger partial charge in [-0.3, -0.25) is 9.69 Å². The number of carbonyl (C=O) groups is 2. The Morgan fingerprint density at radius 3 is 2.81 bits per heavy atom. The van der Waals surface area contributed by atoms with Crippen LogP contribution in [-0.2, 0) is 20.9 Å². The highest BCUT2D eigenvalue weighted by molar-refractivity contribution is 5.85. The molecule has 2 fully saturated rings. The van der Waals surface area contributed by atoms with Gasteiger partial charge in [0.15, 0.2) is 6.61 Å². The Balaban J connectivity index is 1.62. The maximum absolute atomic E-state index is 12.8. The van der Waals surface area contributed by atoms with Gasteiger partial charge < -0.3 is 19.5 Å². The van der Waals surface area contributed by atoms with Crippen molar-refractivity contribution in [2.45, 2.75) is 19.4 Å². The Labute approximate surface area is 153 Å². The van der Waals surface area contributed by atoms with Gasteiger partial charge in [-0.05, 0) is 25.5 Å². The van der Waals surface area contributed by atoms with Crippen molar-refractivity contribution in [2.75, 3.05) is 46.5 Å². The van der Waals surface area contributed by atoms with Crippen molar-refractivity contribution in [3.8, 4) is 5.75 Å². The lowest BCUT2D eigenvalue weighted by molar-refractivity contribution is -0.139. The second-order valence-electron chi connectivity index (χ2n) is 7.07. The van der Waals surface area contributed by atoms with Gasteiger partial charge in [-0.1, -0.05) is 18.2 Å². The summed E-state index contributed by atoms with van der Waals surface area (Å²) in [6, 6.07) is 7.49. The van der Waals surface area contributed by atoms with Gasteiger partial charge in [0.2, 0.25) is 5.91 Å². The number of hydrogen-bond acceptors (Lipinski definition) is 5. The molecule has 2 aliphatic heterocycles. The Bertz CT molecular complexity index is 665. The SMILES string of the molecule is COCCN1CCC2(CCN(Cc3ccccc3OCC(=O)O)C2)C1=O. The molecule has 2 heterocycles. The topological polar surface area (TPSA) is 79.3 Å². The molecular weight excluding hydrogens is 336 g/mol. The van der Waals surface area contributed by atoms with E-state index in [-0.39, 0.29) is 17.9 Å². The predicted octanol–water partition coefficient (Wildman–Crippen LogP) is 1.22. The minimum Gasteiger partial charge on any atom is -0.482 e. The van der Waals surface area contributed by atoms with E-state index in [1.54, 1.807) is 13.2 Å². The van der Waals surface area contributed by atoms with E-state index in [1.807, 2.05) is 23.1 Å². The van der Waals surface area contributed by atoms with E-state index in [4.69, 9.17) is 14.6 Å². The van der Waals surface area contributed by atoms with Crippen molar-refractivity contribution in [1.29, 1.82) is 0 Å². The van der Waals surface area contributed by atoms with Gasteiger partial charge >= 0.3 is 5.97 Å². The molecule has 1 N–H and O–H groups in total. The largest absolute Gasteiger partial charge is 0.482 e. The second-order valence-corrected chi connectivity index (χ2v) is 7.07. The third kappa shape index (κ3) is 3.99. The monoisotopic (exact) mass is 362 g/mol. The number of benzene rings is 1. The lowest BCUT2D eigenvalue weighted by Crippen LogP contribution is -2.38. The molecule has 1 aromatic carbocycles. The van der Waals surface area contributed by atoms with Crippen LogP contribution in [0.4, 0.5) is 0 Å². The molecule has 1 amide bonds. The highest BCUT2D eigenvalue weighted by Gasteiger charge is 2.50. The number of aliphatic carboxylic acids is 1. The quantitative estimate of drug-likeness (QED) is 0.749. The van der Waals surface area contributed by atoms with Crippen LogP contribution in [0.1, 0.15) is 18.4 Å². The minimum atomic E-state index is -0.993. The third-order valence-electron chi connectivity index (χ3n) is 5.32. The molecule has 0 bridgehead atoms. The average molecular weight is 362 g/mol. The fourth-order valence-electron chi connectivity index (χ4n) is 3.94. The first-order valence-electron chi connectivity index (χ1n) is 8.97. The zero-order chi connectivity index (χ0) is 18.6. The van der Waals surface area contributed by atoms with E-state index in [9.17, 15) is 9.59 Å². The minimum absolute atomic E-state index is 0.243. The molecule has 3 rings (SSSR count). The van der Waals surface area contributed by atoms with Crippen LogP contribution in [0.2, 0.25) is 0 Å². The lowest BCUT2D eigenvalue weighted by Gasteiger charge is -2.24. The van der Waals surface area contributed by atoms with Gasteiger partial charge in [-0.2, -0.15) is 0 Å². The summed E-state index contributed by atoms with van der Waals surface area (Å²) in [5, 5.41) is 8.82. The van der Waals surface area contributed by atoms with Crippen LogP contribution < -0.4 is 4.74 Å². The highest BCUT2D eigenvalue weighted by Crippen LogP contribution is 2.41. The van der Waals surface area contributed by atoms with E-state index in [0.29, 0.717) is 25.4 Å². The van der Waals surface area contributed by atoms with Crippen LogP contribution in [-0.4, -0.2) is 73.3 Å². The number of para-hydroxylation sites is 1. The summed E-state index contributed by atoms with van der Waals surface area (Å²) in [4.78, 5) is 27.8. The van der Waals surface area contributed by atoms with Crippen LogP contribution in [0.3, 0.4) is 0 Å². The van der Waals surface area contributed by atoms with E-state index < -0.39 is 5.97 Å². The summed E-state index contributed by atoms with van der Waals surface area (Å²) in [7, 11) is 1.65. The molecule has 7 nitrogen and oxygen atoms in total. The molecule has 1 aromatic rings. The fraction of sp³-hybridized carbons (Fsp3) is 0.579. The van der Waals surface area contributed by atoms with E-state index in [0.717, 1.165) is 38.0 Å². The standard InChI is InChI=1S/C19H26N2O5/c1-25-11-10-21-9-7-19(18(21)24)6-8-20(14-19)12-15-4-2-3-5-16(15)26-13-17(22)23/h2-5H,6-14H2,1H3,(H,22,23). The van der Waals surface area contributed by atoms with Gasteiger partial charge in [0.25, 0.3) is 0 Å². The van der Waals surface area contributed by atoms with Crippen LogP contribution in [0.5, 0.6) is 5.75 Å². The van der Waals surface area contributed by atoms with Crippen molar-refractivity contribution >= 4 is 11.9 Å². The van der Waals surface area contributed by atoms with Gasteiger partial charge in [0, 0.05) is 38.9 Å². The van der Waals surface area contributed by atoms with Crippen molar-refractivity contribution in [3.63, 3.8) is 0 Å². The summed E-state index contributed by atoms with van der Waals surface area (Å²) in [5.41, 5.74) is 0.678. The first-order valence-corrected chi connectivity index (χ1v) is 8.97. The van der Waals surface area contributed by atoms with Gasteiger partial charge in [-0.15, -0.1) is 0 Å². The first kappa shape index (κ1) is 18.7. The van der Waals surface area contributed by atoms with E-state index in [2.05, 4.69) is 4.90 Å². The summed E-state index contributed by atoms with van der Waals surface area (Å²) >= 11 is 0. The lowest BCUT2D eigenvalue weighted by atomic mass is 9.85. The van der Waals surface area contributed by atoms with Crippen molar-refractivity contribution in [2.24, 2.45) is 5.41 Å². The number of carbonyl (C=O) groups excluding carboxylic acids is 1. The molecule has 0 radical (unpaired) electrons. The molecule has 1 spiro atoms. The Kier molecular flexibility index (Phi) is 5.78. The summed E-state index contributed by atoms with van der Waals surface area (Å²) in [6.45, 7) is 3.92. The Hall–Kier alpha value is -2.12. The summed E-state index contributed by atoms with van der Waals surface area (Å²) in [6.07, 6.45) is 1.76. The van der Waals surface area contributed by atoms with Crippen molar-refractivity contribution < 1.29 is 24.2 Å². The molecule has 0 aromatic heterocycles. The van der Waals surface area contributed by atoms with Crippen molar-refractivity contribution in [1.82, 2.24) is 9.80 Å². The smallest absolute Gasteiger partial charge is 0.341 e. The third-order valence-corrected chi connectivity index (χ3v) is 5.32. The number of rotatable bonds is 8. The fourth-order valence-corrected chi connectivity index (χ4v) is 3.94. The number of ether oxygens (including phenoxy) is 2. The molecule has 26 heavy (non-hydrogen) atoms. The number of methoxy groups -OCH3 is 1. The van der Waals surface area contributed by atoms with Crippen LogP contribution in [0, 0.1) is 5.41 Å². The van der Waals surface area contributed by atoms with E-state index >= 15 is 0 Å². The second kappa shape index (κ2) is 8.05.